The molecule has 1 amide bonds. The molecule has 1 aromatic rings. The summed E-state index contributed by atoms with van der Waals surface area (Å²) >= 11 is 3.36. The number of nitrogens with one attached hydrogen (secondary N) is 1. The van der Waals surface area contributed by atoms with E-state index in [1.54, 1.807) is 18.2 Å². The number of ketones is 1. The van der Waals surface area contributed by atoms with Gasteiger partial charge in [0.1, 0.15) is 16.7 Å². The number of Topliss-reactive ketones (excluding diaryl/α,β-unsaturated/α-hetero) is 1. The van der Waals surface area contributed by atoms with Gasteiger partial charge in [-0.2, -0.15) is 0 Å². The molecule has 0 aromatic heterocycles. The Morgan fingerprint density at radius 2 is 2.00 bits per heavy atom. The molecule has 0 saturated heterocycles. The number of rotatable bonds is 2. The first-order valence-electron chi connectivity index (χ1n) is 7.35. The number of ether oxygens (including phenoxy) is 2. The second-order valence-electron chi connectivity index (χ2n) is 5.71. The van der Waals surface area contributed by atoms with E-state index in [-0.39, 0.29) is 22.8 Å². The number of hydrogen-bond donors (Lipinski definition) is 2. The lowest BCUT2D eigenvalue weighted by molar-refractivity contribution is -0.138. The number of anilines is 1. The Labute approximate surface area is 152 Å². The summed E-state index contributed by atoms with van der Waals surface area (Å²) < 4.78 is 10.9. The largest absolute Gasteiger partial charge is 0.465 e. The number of methoxy groups -OCH3 is 1. The fourth-order valence-electron chi connectivity index (χ4n) is 3.48. The quantitative estimate of drug-likeness (QED) is 0.725. The lowest BCUT2D eigenvalue weighted by atomic mass is 9.67. The molecule has 0 bridgehead atoms. The summed E-state index contributed by atoms with van der Waals surface area (Å²) in [4.78, 5) is 38.0. The Bertz CT molecular complexity index is 902. The first-order chi connectivity index (χ1) is 11.7. The Morgan fingerprint density at radius 3 is 2.60 bits per heavy atom. The number of nitrogens with two attached hydrogens (primary N) is 1. The molecule has 2 heterocycles. The number of esters is 1. The minimum absolute atomic E-state index is 0.0523. The molecular weight excluding hydrogens is 392 g/mol. The molecule has 0 fully saturated rings. The van der Waals surface area contributed by atoms with Crippen molar-refractivity contribution in [3.8, 4) is 0 Å². The predicted octanol–water partition coefficient (Wildman–Crippen LogP) is 1.88. The van der Waals surface area contributed by atoms with Gasteiger partial charge in [0.15, 0.2) is 5.78 Å². The Balaban J connectivity index is 2.48. The summed E-state index contributed by atoms with van der Waals surface area (Å²) in [5.74, 6) is -1.91. The van der Waals surface area contributed by atoms with Crippen molar-refractivity contribution in [1.29, 1.82) is 0 Å². The van der Waals surface area contributed by atoms with Crippen LogP contribution in [-0.4, -0.2) is 24.8 Å². The SMILES string of the molecule is COC(=O)C1=C(N)OC(C)=C(C(C)=O)C12C(=O)Nc1ccc(Br)cc12. The van der Waals surface area contributed by atoms with Crippen molar-refractivity contribution in [2.45, 2.75) is 19.3 Å². The van der Waals surface area contributed by atoms with Gasteiger partial charge in [-0.05, 0) is 32.0 Å². The number of amides is 1. The Kier molecular flexibility index (Phi) is 3.95. The topological polar surface area (TPSA) is 108 Å². The number of carbonyl (C=O) groups is 3. The van der Waals surface area contributed by atoms with E-state index in [9.17, 15) is 14.4 Å². The van der Waals surface area contributed by atoms with Crippen molar-refractivity contribution in [1.82, 2.24) is 0 Å². The third kappa shape index (κ3) is 2.21. The van der Waals surface area contributed by atoms with E-state index >= 15 is 0 Å². The van der Waals surface area contributed by atoms with Gasteiger partial charge in [-0.25, -0.2) is 4.79 Å². The van der Waals surface area contributed by atoms with Gasteiger partial charge in [-0.15, -0.1) is 0 Å². The van der Waals surface area contributed by atoms with Crippen LogP contribution in [0, 0.1) is 0 Å². The molecule has 0 aliphatic carbocycles. The maximum Gasteiger partial charge on any atom is 0.340 e. The smallest absolute Gasteiger partial charge is 0.340 e. The van der Waals surface area contributed by atoms with Crippen LogP contribution < -0.4 is 11.1 Å². The van der Waals surface area contributed by atoms with Crippen LogP contribution in [0.15, 0.2) is 45.5 Å². The molecule has 130 valence electrons. The standard InChI is InChI=1S/C17H15BrN2O5/c1-7(21)12-8(2)25-14(19)13(15(22)24-3)17(12)10-6-9(18)4-5-11(10)20-16(17)23/h4-6H,19H2,1-3H3,(H,20,23). The van der Waals surface area contributed by atoms with E-state index in [0.717, 1.165) is 0 Å². The molecule has 1 aromatic carbocycles. The molecule has 25 heavy (non-hydrogen) atoms. The highest BCUT2D eigenvalue weighted by Crippen LogP contribution is 2.52. The fraction of sp³-hybridized carbons (Fsp3) is 0.235. The van der Waals surface area contributed by atoms with Crippen LogP contribution in [0.25, 0.3) is 0 Å². The van der Waals surface area contributed by atoms with Crippen LogP contribution in [0.4, 0.5) is 5.69 Å². The van der Waals surface area contributed by atoms with Gasteiger partial charge < -0.3 is 20.5 Å². The molecule has 7 nitrogen and oxygen atoms in total. The van der Waals surface area contributed by atoms with Crippen molar-refractivity contribution in [3.05, 3.63) is 51.0 Å². The number of hydrogen-bond acceptors (Lipinski definition) is 6. The van der Waals surface area contributed by atoms with E-state index in [0.29, 0.717) is 15.7 Å². The van der Waals surface area contributed by atoms with Gasteiger partial charge in [-0.3, -0.25) is 9.59 Å². The zero-order chi connectivity index (χ0) is 18.5. The summed E-state index contributed by atoms with van der Waals surface area (Å²) in [5.41, 5.74) is 4.98. The third-order valence-electron chi connectivity index (χ3n) is 4.33. The molecule has 1 atom stereocenters. The monoisotopic (exact) mass is 406 g/mol. The van der Waals surface area contributed by atoms with Crippen LogP contribution in [0.2, 0.25) is 0 Å². The second kappa shape index (κ2) is 5.73. The molecule has 3 rings (SSSR count). The van der Waals surface area contributed by atoms with Crippen molar-refractivity contribution >= 4 is 39.3 Å². The van der Waals surface area contributed by atoms with E-state index in [1.807, 2.05) is 0 Å². The summed E-state index contributed by atoms with van der Waals surface area (Å²) in [6, 6.07) is 5.09. The molecule has 2 aliphatic rings. The minimum Gasteiger partial charge on any atom is -0.465 e. The average Bonchev–Trinajstić information content (AvgIpc) is 2.79. The van der Waals surface area contributed by atoms with E-state index < -0.39 is 23.1 Å². The first-order valence-corrected chi connectivity index (χ1v) is 8.14. The van der Waals surface area contributed by atoms with Crippen LogP contribution in [0.3, 0.4) is 0 Å². The summed E-state index contributed by atoms with van der Waals surface area (Å²) in [6.45, 7) is 2.84. The maximum atomic E-state index is 13.1. The number of halogens is 1. The van der Waals surface area contributed by atoms with E-state index in [1.165, 1.54) is 21.0 Å². The molecule has 1 unspecified atom stereocenters. The van der Waals surface area contributed by atoms with Gasteiger partial charge in [0.2, 0.25) is 11.8 Å². The van der Waals surface area contributed by atoms with Gasteiger partial charge in [-0.1, -0.05) is 15.9 Å². The molecule has 1 spiro atoms. The lowest BCUT2D eigenvalue weighted by Crippen LogP contribution is -2.47. The molecule has 0 radical (unpaired) electrons. The summed E-state index contributed by atoms with van der Waals surface area (Å²) in [6.07, 6.45) is 0. The van der Waals surface area contributed by atoms with Gasteiger partial charge >= 0.3 is 5.97 Å². The predicted molar refractivity (Wildman–Crippen MR) is 92.1 cm³/mol. The molecule has 2 aliphatic heterocycles. The van der Waals surface area contributed by atoms with Gasteiger partial charge in [0.05, 0.1) is 12.7 Å². The van der Waals surface area contributed by atoms with Crippen LogP contribution in [0.1, 0.15) is 19.4 Å². The summed E-state index contributed by atoms with van der Waals surface area (Å²) in [5, 5.41) is 2.72. The normalized spacial score (nSPS) is 21.8. The molecule has 8 heteroatoms. The second-order valence-corrected chi connectivity index (χ2v) is 6.63. The van der Waals surface area contributed by atoms with Crippen LogP contribution in [0.5, 0.6) is 0 Å². The molecular formula is C17H15BrN2O5. The number of carbonyl (C=O) groups excluding carboxylic acids is 3. The number of allylic oxidation sites excluding steroid dienone is 1. The Hall–Kier alpha value is -2.61. The van der Waals surface area contributed by atoms with E-state index in [4.69, 9.17) is 15.2 Å². The Morgan fingerprint density at radius 1 is 1.32 bits per heavy atom. The molecule has 0 saturated carbocycles. The zero-order valence-corrected chi connectivity index (χ0v) is 15.3. The minimum atomic E-state index is -1.72. The van der Waals surface area contributed by atoms with Crippen molar-refractivity contribution in [2.75, 3.05) is 12.4 Å². The van der Waals surface area contributed by atoms with Crippen molar-refractivity contribution in [3.63, 3.8) is 0 Å². The highest BCUT2D eigenvalue weighted by atomic mass is 79.9. The third-order valence-corrected chi connectivity index (χ3v) is 4.82. The van der Waals surface area contributed by atoms with Crippen molar-refractivity contribution < 1.29 is 23.9 Å². The number of fused-ring (bicyclic) bond motifs is 2. The zero-order valence-electron chi connectivity index (χ0n) is 13.7. The fourth-order valence-corrected chi connectivity index (χ4v) is 3.84. The summed E-state index contributed by atoms with van der Waals surface area (Å²) in [7, 11) is 1.17. The molecule has 3 N–H and O–H groups in total. The van der Waals surface area contributed by atoms with Crippen molar-refractivity contribution in [2.24, 2.45) is 5.73 Å². The van der Waals surface area contributed by atoms with Crippen LogP contribution >= 0.6 is 15.9 Å². The maximum absolute atomic E-state index is 13.1. The van der Waals surface area contributed by atoms with Gasteiger partial charge in [0.25, 0.3) is 0 Å². The lowest BCUT2D eigenvalue weighted by Gasteiger charge is -2.35. The average molecular weight is 407 g/mol. The van der Waals surface area contributed by atoms with Gasteiger partial charge in [0, 0.05) is 15.7 Å². The highest BCUT2D eigenvalue weighted by molar-refractivity contribution is 9.10. The van der Waals surface area contributed by atoms with Crippen LogP contribution in [-0.2, 0) is 29.3 Å². The van der Waals surface area contributed by atoms with E-state index in [2.05, 4.69) is 21.2 Å². The highest BCUT2D eigenvalue weighted by Gasteiger charge is 2.60. The number of benzene rings is 1. The first kappa shape index (κ1) is 17.2.